The van der Waals surface area contributed by atoms with Gasteiger partial charge < -0.3 is 14.4 Å². The predicted molar refractivity (Wildman–Crippen MR) is 116 cm³/mol. The zero-order valence-electron chi connectivity index (χ0n) is 18.7. The van der Waals surface area contributed by atoms with E-state index in [1.165, 1.54) is 19.3 Å². The lowest BCUT2D eigenvalue weighted by Gasteiger charge is -2.29. The summed E-state index contributed by atoms with van der Waals surface area (Å²) in [5, 5.41) is 0. The third-order valence-electron chi connectivity index (χ3n) is 5.01. The van der Waals surface area contributed by atoms with Crippen molar-refractivity contribution in [1.82, 2.24) is 14.4 Å². The van der Waals surface area contributed by atoms with Crippen molar-refractivity contribution >= 4 is 11.8 Å². The zero-order chi connectivity index (χ0) is 20.9. The van der Waals surface area contributed by atoms with Crippen molar-refractivity contribution in [3.63, 3.8) is 0 Å². The summed E-state index contributed by atoms with van der Waals surface area (Å²) in [5.74, 6) is 0.552. The summed E-state index contributed by atoms with van der Waals surface area (Å²) in [6.07, 6.45) is 9.07. The molecular weight excluding hydrogens is 350 g/mol. The average molecular weight is 392 g/mol. The van der Waals surface area contributed by atoms with Crippen molar-refractivity contribution in [2.75, 3.05) is 19.6 Å². The topological polar surface area (TPSA) is 45.6 Å². The van der Waals surface area contributed by atoms with Gasteiger partial charge in [0.1, 0.15) is 0 Å². The number of amides is 2. The first-order valence-electron chi connectivity index (χ1n) is 11.0. The molecule has 1 heterocycles. The number of carbonyl (C=O) groups is 2. The van der Waals surface area contributed by atoms with E-state index in [0.29, 0.717) is 32.0 Å². The molecule has 0 bridgehead atoms. The van der Waals surface area contributed by atoms with Crippen molar-refractivity contribution in [3.8, 4) is 0 Å². The maximum atomic E-state index is 13.0. The first kappa shape index (κ1) is 24.3. The van der Waals surface area contributed by atoms with E-state index in [-0.39, 0.29) is 18.4 Å². The van der Waals surface area contributed by atoms with Crippen LogP contribution >= 0.6 is 0 Å². The molecule has 1 rings (SSSR count). The summed E-state index contributed by atoms with van der Waals surface area (Å²) in [4.78, 5) is 29.4. The first-order valence-corrected chi connectivity index (χ1v) is 11.0. The lowest BCUT2D eigenvalue weighted by molar-refractivity contribution is -0.141. The van der Waals surface area contributed by atoms with Crippen molar-refractivity contribution in [2.45, 2.75) is 79.2 Å². The Hall–Kier alpha value is -1.78. The van der Waals surface area contributed by atoms with Gasteiger partial charge in [0.15, 0.2) is 0 Å². The van der Waals surface area contributed by atoms with Gasteiger partial charge in [-0.15, -0.1) is 0 Å². The van der Waals surface area contributed by atoms with Gasteiger partial charge in [0.2, 0.25) is 11.8 Å². The van der Waals surface area contributed by atoms with Crippen LogP contribution < -0.4 is 0 Å². The van der Waals surface area contributed by atoms with Crippen LogP contribution in [0.5, 0.6) is 0 Å². The number of rotatable bonds is 14. The number of aromatic nitrogens is 1. The van der Waals surface area contributed by atoms with Gasteiger partial charge in [-0.2, -0.15) is 0 Å². The number of nitrogens with zero attached hydrogens (tertiary/aromatic N) is 3. The van der Waals surface area contributed by atoms with Crippen LogP contribution in [0.15, 0.2) is 18.3 Å². The van der Waals surface area contributed by atoms with Crippen molar-refractivity contribution in [2.24, 2.45) is 13.0 Å². The lowest BCUT2D eigenvalue weighted by Crippen LogP contribution is -2.44. The molecule has 0 fully saturated rings. The van der Waals surface area contributed by atoms with E-state index in [4.69, 9.17) is 0 Å². The summed E-state index contributed by atoms with van der Waals surface area (Å²) < 4.78 is 2.05. The second kappa shape index (κ2) is 13.4. The number of hydrogen-bond donors (Lipinski definition) is 0. The summed E-state index contributed by atoms with van der Waals surface area (Å²) >= 11 is 0. The van der Waals surface area contributed by atoms with Crippen LogP contribution in [0.25, 0.3) is 0 Å². The van der Waals surface area contributed by atoms with Crippen LogP contribution in [-0.2, 0) is 23.2 Å². The van der Waals surface area contributed by atoms with E-state index < -0.39 is 0 Å². The quantitative estimate of drug-likeness (QED) is 0.435. The third kappa shape index (κ3) is 8.94. The summed E-state index contributed by atoms with van der Waals surface area (Å²) in [7, 11) is 2.00. The second-order valence-electron chi connectivity index (χ2n) is 8.26. The fourth-order valence-electron chi connectivity index (χ4n) is 3.41. The van der Waals surface area contributed by atoms with Gasteiger partial charge in [0.05, 0.1) is 13.1 Å². The van der Waals surface area contributed by atoms with Gasteiger partial charge in [0.25, 0.3) is 0 Å². The number of hydrogen-bond acceptors (Lipinski definition) is 2. The molecule has 0 N–H and O–H groups in total. The molecule has 0 atom stereocenters. The highest BCUT2D eigenvalue weighted by Gasteiger charge is 2.22. The molecular formula is C23H41N3O2. The molecule has 1 aromatic heterocycles. The van der Waals surface area contributed by atoms with Crippen LogP contribution in [-0.4, -0.2) is 45.8 Å². The Kier molecular flexibility index (Phi) is 11.6. The molecule has 0 spiro atoms. The number of unbranched alkanes of at least 4 members (excludes halogenated alkanes) is 4. The molecule has 2 amide bonds. The summed E-state index contributed by atoms with van der Waals surface area (Å²) in [6, 6.07) is 4.05. The highest BCUT2D eigenvalue weighted by molar-refractivity contribution is 5.84. The molecule has 0 saturated carbocycles. The Labute approximate surface area is 172 Å². The Balaban J connectivity index is 2.68. The van der Waals surface area contributed by atoms with E-state index in [1.54, 1.807) is 4.90 Å². The smallest absolute Gasteiger partial charge is 0.242 e. The van der Waals surface area contributed by atoms with Gasteiger partial charge >= 0.3 is 0 Å². The summed E-state index contributed by atoms with van der Waals surface area (Å²) in [5.41, 5.74) is 1.11. The molecule has 0 aliphatic heterocycles. The van der Waals surface area contributed by atoms with Crippen molar-refractivity contribution < 1.29 is 9.59 Å². The largest absolute Gasteiger partial charge is 0.353 e. The van der Waals surface area contributed by atoms with Crippen LogP contribution in [0, 0.1) is 5.92 Å². The third-order valence-corrected chi connectivity index (χ3v) is 5.01. The normalized spacial score (nSPS) is 11.1. The van der Waals surface area contributed by atoms with Crippen molar-refractivity contribution in [1.29, 1.82) is 0 Å². The van der Waals surface area contributed by atoms with E-state index in [2.05, 4.69) is 27.7 Å². The molecule has 0 aliphatic carbocycles. The maximum absolute atomic E-state index is 13.0. The Morgan fingerprint density at radius 3 is 2.29 bits per heavy atom. The zero-order valence-corrected chi connectivity index (χ0v) is 18.7. The van der Waals surface area contributed by atoms with Crippen LogP contribution in [0.1, 0.15) is 78.3 Å². The minimum absolute atomic E-state index is 0.0442. The molecule has 0 radical (unpaired) electrons. The molecule has 28 heavy (non-hydrogen) atoms. The SMILES string of the molecule is CCCCCCCC(=O)N(CCC)CC(=O)N(Cc1cccn1C)CC(C)C. The Morgan fingerprint density at radius 2 is 1.71 bits per heavy atom. The van der Waals surface area contributed by atoms with E-state index in [1.807, 2.05) is 34.8 Å². The number of aryl methyl sites for hydroxylation is 1. The molecule has 0 unspecified atom stereocenters. The first-order chi connectivity index (χ1) is 13.4. The molecule has 160 valence electrons. The minimum atomic E-state index is 0.0442. The van der Waals surface area contributed by atoms with Gasteiger partial charge in [-0.25, -0.2) is 0 Å². The molecule has 5 heteroatoms. The Bertz CT molecular complexity index is 580. The fraction of sp³-hybridized carbons (Fsp3) is 0.739. The Morgan fingerprint density at radius 1 is 1.00 bits per heavy atom. The lowest BCUT2D eigenvalue weighted by atomic mass is 10.1. The molecule has 0 saturated heterocycles. The average Bonchev–Trinajstić information content (AvgIpc) is 3.04. The van der Waals surface area contributed by atoms with Gasteiger partial charge in [0, 0.05) is 38.4 Å². The molecule has 1 aromatic rings. The highest BCUT2D eigenvalue weighted by atomic mass is 16.2. The molecule has 5 nitrogen and oxygen atoms in total. The predicted octanol–water partition coefficient (Wildman–Crippen LogP) is 4.61. The maximum Gasteiger partial charge on any atom is 0.242 e. The van der Waals surface area contributed by atoms with Crippen LogP contribution in [0.2, 0.25) is 0 Å². The van der Waals surface area contributed by atoms with Gasteiger partial charge in [-0.1, -0.05) is 53.4 Å². The standard InChI is InChI=1S/C23H41N3O2/c1-6-8-9-10-11-14-22(27)25(15-7-2)19-23(28)26(17-20(3)4)18-21-13-12-16-24(21)5/h12-13,16,20H,6-11,14-15,17-19H2,1-5H3. The highest BCUT2D eigenvalue weighted by Crippen LogP contribution is 2.11. The number of carbonyl (C=O) groups excluding carboxylic acids is 2. The fourth-order valence-corrected chi connectivity index (χ4v) is 3.41. The van der Waals surface area contributed by atoms with Crippen LogP contribution in [0.3, 0.4) is 0 Å². The molecule has 0 aromatic carbocycles. The second-order valence-corrected chi connectivity index (χ2v) is 8.26. The van der Waals surface area contributed by atoms with E-state index in [9.17, 15) is 9.59 Å². The minimum Gasteiger partial charge on any atom is -0.353 e. The monoisotopic (exact) mass is 391 g/mol. The molecule has 0 aliphatic rings. The van der Waals surface area contributed by atoms with E-state index >= 15 is 0 Å². The van der Waals surface area contributed by atoms with Crippen molar-refractivity contribution in [3.05, 3.63) is 24.0 Å². The summed E-state index contributed by atoms with van der Waals surface area (Å²) in [6.45, 7) is 10.6. The van der Waals surface area contributed by atoms with Crippen LogP contribution in [0.4, 0.5) is 0 Å². The van der Waals surface area contributed by atoms with Gasteiger partial charge in [-0.05, 0) is 30.9 Å². The van der Waals surface area contributed by atoms with Gasteiger partial charge in [-0.3, -0.25) is 9.59 Å². The van der Waals surface area contributed by atoms with E-state index in [0.717, 1.165) is 25.0 Å².